The highest BCUT2D eigenvalue weighted by atomic mass is 15.2. The van der Waals surface area contributed by atoms with Crippen LogP contribution in [0.25, 0.3) is 0 Å². The number of hydrogen-bond donors (Lipinski definition) is 1. The van der Waals surface area contributed by atoms with Crippen molar-refractivity contribution in [2.45, 2.75) is 77.8 Å². The molecule has 19 heavy (non-hydrogen) atoms. The standard InChI is InChI=1S/C17H34N2/c1-4-6-7-8-11-19-13-16(15-9-10-15)18-12-17(19)14(3)5-2/h14-18H,4-13H2,1-3H3. The van der Waals surface area contributed by atoms with Crippen molar-refractivity contribution in [3.63, 3.8) is 0 Å². The highest BCUT2D eigenvalue weighted by Gasteiger charge is 2.37. The maximum absolute atomic E-state index is 3.84. The van der Waals surface area contributed by atoms with E-state index in [1.807, 2.05) is 0 Å². The van der Waals surface area contributed by atoms with E-state index in [-0.39, 0.29) is 0 Å². The molecule has 0 aromatic heterocycles. The molecular weight excluding hydrogens is 232 g/mol. The number of unbranched alkanes of at least 4 members (excludes halogenated alkanes) is 3. The lowest BCUT2D eigenvalue weighted by molar-refractivity contribution is 0.0838. The van der Waals surface area contributed by atoms with Gasteiger partial charge in [0.1, 0.15) is 0 Å². The van der Waals surface area contributed by atoms with Gasteiger partial charge in [0.25, 0.3) is 0 Å². The largest absolute Gasteiger partial charge is 0.311 e. The van der Waals surface area contributed by atoms with Gasteiger partial charge in [0.2, 0.25) is 0 Å². The quantitative estimate of drug-likeness (QED) is 0.674. The van der Waals surface area contributed by atoms with Crippen LogP contribution in [0, 0.1) is 11.8 Å². The Balaban J connectivity index is 1.82. The molecule has 1 aliphatic heterocycles. The lowest BCUT2D eigenvalue weighted by Crippen LogP contribution is -2.59. The molecule has 1 saturated carbocycles. The van der Waals surface area contributed by atoms with Crippen molar-refractivity contribution in [2.75, 3.05) is 19.6 Å². The van der Waals surface area contributed by atoms with Crippen LogP contribution >= 0.6 is 0 Å². The van der Waals surface area contributed by atoms with Gasteiger partial charge in [-0.3, -0.25) is 4.90 Å². The summed E-state index contributed by atoms with van der Waals surface area (Å²) in [5.74, 6) is 1.83. The van der Waals surface area contributed by atoms with E-state index in [0.29, 0.717) is 0 Å². The number of hydrogen-bond acceptors (Lipinski definition) is 2. The van der Waals surface area contributed by atoms with Crippen molar-refractivity contribution >= 4 is 0 Å². The highest BCUT2D eigenvalue weighted by Crippen LogP contribution is 2.35. The van der Waals surface area contributed by atoms with Gasteiger partial charge in [-0.15, -0.1) is 0 Å². The molecule has 2 heteroatoms. The summed E-state index contributed by atoms with van der Waals surface area (Å²) in [6.07, 6.45) is 9.82. The Morgan fingerprint density at radius 2 is 1.95 bits per heavy atom. The molecule has 0 aromatic rings. The molecule has 3 unspecified atom stereocenters. The molecule has 1 aliphatic carbocycles. The molecule has 2 fully saturated rings. The van der Waals surface area contributed by atoms with Crippen molar-refractivity contribution in [3.8, 4) is 0 Å². The average molecular weight is 266 g/mol. The van der Waals surface area contributed by atoms with E-state index in [4.69, 9.17) is 0 Å². The molecule has 112 valence electrons. The molecule has 0 bridgehead atoms. The molecule has 1 saturated heterocycles. The van der Waals surface area contributed by atoms with Gasteiger partial charge >= 0.3 is 0 Å². The van der Waals surface area contributed by atoms with E-state index in [1.165, 1.54) is 64.6 Å². The second-order valence-electron chi connectivity index (χ2n) is 6.86. The maximum atomic E-state index is 3.84. The molecule has 0 spiro atoms. The third kappa shape index (κ3) is 4.46. The van der Waals surface area contributed by atoms with Crippen LogP contribution in [0.5, 0.6) is 0 Å². The monoisotopic (exact) mass is 266 g/mol. The van der Waals surface area contributed by atoms with E-state index >= 15 is 0 Å². The smallest absolute Gasteiger partial charge is 0.0246 e. The van der Waals surface area contributed by atoms with Gasteiger partial charge in [-0.2, -0.15) is 0 Å². The first-order valence-electron chi connectivity index (χ1n) is 8.73. The van der Waals surface area contributed by atoms with Crippen molar-refractivity contribution in [2.24, 2.45) is 11.8 Å². The first kappa shape index (κ1) is 15.3. The first-order valence-corrected chi connectivity index (χ1v) is 8.73. The Hall–Kier alpha value is -0.0800. The third-order valence-electron chi connectivity index (χ3n) is 5.28. The van der Waals surface area contributed by atoms with Crippen LogP contribution in [0.4, 0.5) is 0 Å². The molecule has 1 heterocycles. The van der Waals surface area contributed by atoms with E-state index in [0.717, 1.165) is 23.9 Å². The zero-order valence-corrected chi connectivity index (χ0v) is 13.3. The minimum Gasteiger partial charge on any atom is -0.311 e. The van der Waals surface area contributed by atoms with Gasteiger partial charge in [0, 0.05) is 25.2 Å². The number of piperazine rings is 1. The Morgan fingerprint density at radius 1 is 1.16 bits per heavy atom. The van der Waals surface area contributed by atoms with Gasteiger partial charge in [0.05, 0.1) is 0 Å². The maximum Gasteiger partial charge on any atom is 0.0246 e. The van der Waals surface area contributed by atoms with Crippen molar-refractivity contribution in [1.82, 2.24) is 10.2 Å². The van der Waals surface area contributed by atoms with Gasteiger partial charge < -0.3 is 5.32 Å². The molecule has 2 aliphatic rings. The summed E-state index contributed by atoms with van der Waals surface area (Å²) in [6.45, 7) is 10.9. The summed E-state index contributed by atoms with van der Waals surface area (Å²) < 4.78 is 0. The third-order valence-corrected chi connectivity index (χ3v) is 5.28. The van der Waals surface area contributed by atoms with Crippen LogP contribution in [0.15, 0.2) is 0 Å². The lowest BCUT2D eigenvalue weighted by atomic mass is 9.93. The highest BCUT2D eigenvalue weighted by molar-refractivity contribution is 4.95. The number of rotatable bonds is 8. The molecule has 2 nitrogen and oxygen atoms in total. The fourth-order valence-electron chi connectivity index (χ4n) is 3.50. The van der Waals surface area contributed by atoms with Gasteiger partial charge in [-0.1, -0.05) is 46.5 Å². The zero-order chi connectivity index (χ0) is 13.7. The predicted molar refractivity (Wildman–Crippen MR) is 83.5 cm³/mol. The first-order chi connectivity index (χ1) is 9.26. The average Bonchev–Trinajstić information content (AvgIpc) is 3.27. The van der Waals surface area contributed by atoms with Crippen LogP contribution < -0.4 is 5.32 Å². The zero-order valence-electron chi connectivity index (χ0n) is 13.3. The molecule has 2 rings (SSSR count). The van der Waals surface area contributed by atoms with Gasteiger partial charge in [-0.05, 0) is 37.6 Å². The van der Waals surface area contributed by atoms with E-state index in [2.05, 4.69) is 31.0 Å². The Morgan fingerprint density at radius 3 is 2.58 bits per heavy atom. The second-order valence-corrected chi connectivity index (χ2v) is 6.86. The molecule has 3 atom stereocenters. The molecule has 0 aromatic carbocycles. The minimum absolute atomic E-state index is 0.779. The van der Waals surface area contributed by atoms with Crippen LogP contribution in [-0.2, 0) is 0 Å². The summed E-state index contributed by atoms with van der Waals surface area (Å²) in [7, 11) is 0. The summed E-state index contributed by atoms with van der Waals surface area (Å²) in [4.78, 5) is 2.82. The normalized spacial score (nSPS) is 30.5. The molecule has 1 N–H and O–H groups in total. The van der Waals surface area contributed by atoms with Crippen LogP contribution in [-0.4, -0.2) is 36.6 Å². The Labute approximate surface area is 120 Å². The van der Waals surface area contributed by atoms with Crippen molar-refractivity contribution in [1.29, 1.82) is 0 Å². The summed E-state index contributed by atoms with van der Waals surface area (Å²) in [6, 6.07) is 1.58. The Kier molecular flexibility index (Phi) is 6.15. The van der Waals surface area contributed by atoms with E-state index in [1.54, 1.807) is 0 Å². The summed E-state index contributed by atoms with van der Waals surface area (Å²) in [5.41, 5.74) is 0. The molecular formula is C17H34N2. The molecule has 0 amide bonds. The molecule has 0 radical (unpaired) electrons. The second kappa shape index (κ2) is 7.64. The Bertz CT molecular complexity index is 250. The number of nitrogens with one attached hydrogen (secondary N) is 1. The minimum atomic E-state index is 0.779. The van der Waals surface area contributed by atoms with Crippen molar-refractivity contribution < 1.29 is 0 Å². The van der Waals surface area contributed by atoms with Crippen LogP contribution in [0.3, 0.4) is 0 Å². The number of nitrogens with zero attached hydrogens (tertiary/aromatic N) is 1. The van der Waals surface area contributed by atoms with Gasteiger partial charge in [0.15, 0.2) is 0 Å². The predicted octanol–water partition coefficient (Wildman–Crippen LogP) is 3.67. The van der Waals surface area contributed by atoms with Crippen molar-refractivity contribution in [3.05, 3.63) is 0 Å². The van der Waals surface area contributed by atoms with Crippen LogP contribution in [0.2, 0.25) is 0 Å². The van der Waals surface area contributed by atoms with Crippen LogP contribution in [0.1, 0.15) is 65.7 Å². The summed E-state index contributed by atoms with van der Waals surface area (Å²) in [5, 5.41) is 3.84. The fourth-order valence-corrected chi connectivity index (χ4v) is 3.50. The van der Waals surface area contributed by atoms with E-state index in [9.17, 15) is 0 Å². The SMILES string of the molecule is CCCCCCN1CC(C2CC2)NCC1C(C)CC. The van der Waals surface area contributed by atoms with E-state index < -0.39 is 0 Å². The summed E-state index contributed by atoms with van der Waals surface area (Å²) >= 11 is 0. The lowest BCUT2D eigenvalue weighted by Gasteiger charge is -2.43. The fraction of sp³-hybridized carbons (Fsp3) is 1.00. The van der Waals surface area contributed by atoms with Gasteiger partial charge in [-0.25, -0.2) is 0 Å². The topological polar surface area (TPSA) is 15.3 Å².